The topological polar surface area (TPSA) is 60.7 Å². The Labute approximate surface area is 119 Å². The van der Waals surface area contributed by atoms with Crippen molar-refractivity contribution in [3.05, 3.63) is 40.7 Å². The van der Waals surface area contributed by atoms with Crippen LogP contribution in [0.4, 0.5) is 5.69 Å². The Morgan fingerprint density at radius 3 is 2.50 bits per heavy atom. The molecule has 0 bridgehead atoms. The quantitative estimate of drug-likeness (QED) is 0.673. The summed E-state index contributed by atoms with van der Waals surface area (Å²) in [6.07, 6.45) is 5.02. The van der Waals surface area contributed by atoms with Gasteiger partial charge in [-0.15, -0.1) is 0 Å². The Bertz CT molecular complexity index is 568. The zero-order valence-electron chi connectivity index (χ0n) is 12.2. The molecule has 3 N–H and O–H groups in total. The maximum Gasteiger partial charge on any atom is 0.264 e. The molecule has 0 saturated carbocycles. The lowest BCUT2D eigenvalue weighted by atomic mass is 10.1. The first-order valence-electron chi connectivity index (χ1n) is 7.33. The Morgan fingerprint density at radius 1 is 1.15 bits per heavy atom. The molecule has 0 radical (unpaired) electrons. The van der Waals surface area contributed by atoms with E-state index in [4.69, 9.17) is 0 Å². The molecule has 2 rings (SSSR count). The summed E-state index contributed by atoms with van der Waals surface area (Å²) >= 11 is 0. The number of aromatic nitrogens is 2. The molecule has 0 saturated heterocycles. The molecule has 4 heteroatoms. The number of rotatable bonds is 7. The summed E-state index contributed by atoms with van der Waals surface area (Å²) in [6, 6.07) is 10.2. The number of benzene rings is 1. The van der Waals surface area contributed by atoms with Gasteiger partial charge in [0, 0.05) is 17.8 Å². The number of unbranched alkanes of at least 4 members (excludes halogenated alkanes) is 2. The average Bonchev–Trinajstić information content (AvgIpc) is 2.86. The summed E-state index contributed by atoms with van der Waals surface area (Å²) in [5.74, 6) is 0. The maximum absolute atomic E-state index is 11.1. The molecule has 20 heavy (non-hydrogen) atoms. The minimum Gasteiger partial charge on any atom is -0.383 e. The molecule has 0 amide bonds. The van der Waals surface area contributed by atoms with E-state index in [0.29, 0.717) is 6.04 Å². The summed E-state index contributed by atoms with van der Waals surface area (Å²) in [7, 11) is 0. The second-order valence-corrected chi connectivity index (χ2v) is 5.29. The average molecular weight is 273 g/mol. The largest absolute Gasteiger partial charge is 0.383 e. The highest BCUT2D eigenvalue weighted by molar-refractivity contribution is 5.62. The summed E-state index contributed by atoms with van der Waals surface area (Å²) in [5, 5.41) is 8.91. The van der Waals surface area contributed by atoms with Gasteiger partial charge in [-0.3, -0.25) is 15.0 Å². The van der Waals surface area contributed by atoms with E-state index < -0.39 is 0 Å². The van der Waals surface area contributed by atoms with Gasteiger partial charge in [0.1, 0.15) is 0 Å². The van der Waals surface area contributed by atoms with E-state index in [0.717, 1.165) is 16.9 Å². The van der Waals surface area contributed by atoms with E-state index >= 15 is 0 Å². The van der Waals surface area contributed by atoms with Crippen molar-refractivity contribution in [1.82, 2.24) is 10.2 Å². The van der Waals surface area contributed by atoms with Crippen molar-refractivity contribution in [2.75, 3.05) is 5.32 Å². The molecule has 1 atom stereocenters. The molecule has 4 nitrogen and oxygen atoms in total. The molecule has 1 heterocycles. The summed E-state index contributed by atoms with van der Waals surface area (Å²) in [5.41, 5.74) is 2.84. The van der Waals surface area contributed by atoms with Crippen molar-refractivity contribution < 1.29 is 0 Å². The molecule has 0 fully saturated rings. The number of nitrogens with one attached hydrogen (secondary N) is 3. The summed E-state index contributed by atoms with van der Waals surface area (Å²) in [4.78, 5) is 11.1. The van der Waals surface area contributed by atoms with Gasteiger partial charge in [0.15, 0.2) is 0 Å². The fourth-order valence-electron chi connectivity index (χ4n) is 2.29. The van der Waals surface area contributed by atoms with Gasteiger partial charge >= 0.3 is 0 Å². The minimum absolute atomic E-state index is 0.105. The third-order valence-corrected chi connectivity index (χ3v) is 3.45. The number of aromatic amines is 2. The van der Waals surface area contributed by atoms with Gasteiger partial charge in [-0.25, -0.2) is 0 Å². The van der Waals surface area contributed by atoms with E-state index in [2.05, 4.69) is 41.5 Å². The van der Waals surface area contributed by atoms with Crippen LogP contribution in [0.5, 0.6) is 0 Å². The van der Waals surface area contributed by atoms with E-state index in [-0.39, 0.29) is 5.56 Å². The fraction of sp³-hybridized carbons (Fsp3) is 0.438. The molecule has 0 aliphatic rings. The molecule has 1 aromatic carbocycles. The molecular formula is C16H23N3O. The van der Waals surface area contributed by atoms with Crippen molar-refractivity contribution in [2.45, 2.75) is 45.6 Å². The molecule has 0 aliphatic carbocycles. The van der Waals surface area contributed by atoms with Crippen molar-refractivity contribution in [3.8, 4) is 11.3 Å². The Hall–Kier alpha value is -1.97. The first-order chi connectivity index (χ1) is 9.69. The van der Waals surface area contributed by atoms with Gasteiger partial charge < -0.3 is 5.32 Å². The van der Waals surface area contributed by atoms with Crippen molar-refractivity contribution in [2.24, 2.45) is 0 Å². The van der Waals surface area contributed by atoms with Crippen molar-refractivity contribution >= 4 is 5.69 Å². The Kier molecular flexibility index (Phi) is 5.04. The first kappa shape index (κ1) is 14.4. The van der Waals surface area contributed by atoms with Gasteiger partial charge in [-0.05, 0) is 31.0 Å². The molecule has 1 unspecified atom stereocenters. The van der Waals surface area contributed by atoms with Crippen LogP contribution in [0, 0.1) is 0 Å². The summed E-state index contributed by atoms with van der Waals surface area (Å²) in [6.45, 7) is 4.44. The fourth-order valence-corrected chi connectivity index (χ4v) is 2.29. The molecule has 1 aromatic heterocycles. The van der Waals surface area contributed by atoms with E-state index in [1.807, 2.05) is 12.1 Å². The highest BCUT2D eigenvalue weighted by atomic mass is 16.1. The predicted molar refractivity (Wildman–Crippen MR) is 84.1 cm³/mol. The summed E-state index contributed by atoms with van der Waals surface area (Å²) < 4.78 is 0. The standard InChI is InChI=1S/C16H23N3O/c1-3-4-5-6-12(2)17-14-9-7-13(8-10-14)15-11-16(20)19-18-15/h7-12,17H,3-6H2,1-2H3,(H2,18,19,20). The normalized spacial score (nSPS) is 12.3. The van der Waals surface area contributed by atoms with Gasteiger partial charge in [-0.1, -0.05) is 38.3 Å². The van der Waals surface area contributed by atoms with Crippen LogP contribution in [-0.4, -0.2) is 16.2 Å². The lowest BCUT2D eigenvalue weighted by Crippen LogP contribution is -2.14. The highest BCUT2D eigenvalue weighted by Crippen LogP contribution is 2.19. The van der Waals surface area contributed by atoms with Crippen LogP contribution in [-0.2, 0) is 0 Å². The molecular weight excluding hydrogens is 250 g/mol. The molecule has 0 aliphatic heterocycles. The Balaban J connectivity index is 1.93. The molecule has 108 valence electrons. The predicted octanol–water partition coefficient (Wildman–Crippen LogP) is 3.75. The van der Waals surface area contributed by atoms with Gasteiger partial charge in [-0.2, -0.15) is 0 Å². The second-order valence-electron chi connectivity index (χ2n) is 5.29. The van der Waals surface area contributed by atoms with E-state index in [9.17, 15) is 4.79 Å². The lowest BCUT2D eigenvalue weighted by Gasteiger charge is -2.15. The number of anilines is 1. The molecule has 2 aromatic rings. The minimum atomic E-state index is -0.105. The third-order valence-electron chi connectivity index (χ3n) is 3.45. The SMILES string of the molecule is CCCCCC(C)Nc1ccc(-c2cc(=O)[nH][nH]2)cc1. The second kappa shape index (κ2) is 6.98. The zero-order valence-corrected chi connectivity index (χ0v) is 12.2. The highest BCUT2D eigenvalue weighted by Gasteiger charge is 2.03. The smallest absolute Gasteiger partial charge is 0.264 e. The van der Waals surface area contributed by atoms with Crippen LogP contribution >= 0.6 is 0 Å². The Morgan fingerprint density at radius 2 is 1.90 bits per heavy atom. The number of hydrogen-bond donors (Lipinski definition) is 3. The van der Waals surface area contributed by atoms with Crippen molar-refractivity contribution in [1.29, 1.82) is 0 Å². The van der Waals surface area contributed by atoms with E-state index in [1.54, 1.807) is 6.07 Å². The van der Waals surface area contributed by atoms with Crippen LogP contribution in [0.3, 0.4) is 0 Å². The number of H-pyrrole nitrogens is 2. The van der Waals surface area contributed by atoms with Crippen LogP contribution in [0.1, 0.15) is 39.5 Å². The maximum atomic E-state index is 11.1. The lowest BCUT2D eigenvalue weighted by molar-refractivity contribution is 0.615. The van der Waals surface area contributed by atoms with Gasteiger partial charge in [0.25, 0.3) is 5.56 Å². The van der Waals surface area contributed by atoms with Crippen LogP contribution in [0.2, 0.25) is 0 Å². The number of hydrogen-bond acceptors (Lipinski definition) is 2. The third kappa shape index (κ3) is 4.02. The van der Waals surface area contributed by atoms with Gasteiger partial charge in [0.2, 0.25) is 0 Å². The van der Waals surface area contributed by atoms with Gasteiger partial charge in [0.05, 0.1) is 5.69 Å². The van der Waals surface area contributed by atoms with Crippen LogP contribution in [0.25, 0.3) is 11.3 Å². The monoisotopic (exact) mass is 273 g/mol. The first-order valence-corrected chi connectivity index (χ1v) is 7.33. The van der Waals surface area contributed by atoms with E-state index in [1.165, 1.54) is 25.7 Å². The van der Waals surface area contributed by atoms with Crippen LogP contribution in [0.15, 0.2) is 35.1 Å². The zero-order chi connectivity index (χ0) is 14.4. The molecule has 0 spiro atoms. The van der Waals surface area contributed by atoms with Crippen molar-refractivity contribution in [3.63, 3.8) is 0 Å². The van der Waals surface area contributed by atoms with Crippen LogP contribution < -0.4 is 10.9 Å².